The third kappa shape index (κ3) is 3.95. The molecule has 1 unspecified atom stereocenters. The molecule has 0 saturated carbocycles. The quantitative estimate of drug-likeness (QED) is 0.837. The first-order chi connectivity index (χ1) is 9.61. The number of carbonyl (C=O) groups is 1. The van der Waals surface area contributed by atoms with Crippen LogP contribution in [-0.4, -0.2) is 43.2 Å². The first-order valence-corrected chi connectivity index (χ1v) is 7.84. The van der Waals surface area contributed by atoms with E-state index >= 15 is 0 Å². The fourth-order valence-corrected chi connectivity index (χ4v) is 3.01. The molecule has 1 aromatic carbocycles. The van der Waals surface area contributed by atoms with Gasteiger partial charge in [-0.25, -0.2) is 0 Å². The molecule has 1 aliphatic rings. The van der Waals surface area contributed by atoms with Crippen LogP contribution in [0.1, 0.15) is 12.5 Å². The highest BCUT2D eigenvalue weighted by molar-refractivity contribution is 9.10. The van der Waals surface area contributed by atoms with Gasteiger partial charge in [-0.15, -0.1) is 0 Å². The zero-order valence-electron chi connectivity index (χ0n) is 11.4. The first kappa shape index (κ1) is 15.8. The third-order valence-electron chi connectivity index (χ3n) is 3.30. The first-order valence-electron chi connectivity index (χ1n) is 6.67. The second-order valence-corrected chi connectivity index (χ2v) is 6.00. The van der Waals surface area contributed by atoms with Gasteiger partial charge in [0.2, 0.25) is 0 Å². The lowest BCUT2D eigenvalue weighted by atomic mass is 10.1. The predicted octanol–water partition coefficient (Wildman–Crippen LogP) is 2.44. The van der Waals surface area contributed by atoms with Crippen molar-refractivity contribution in [3.8, 4) is 0 Å². The second-order valence-electron chi connectivity index (χ2n) is 4.68. The lowest BCUT2D eigenvalue weighted by molar-refractivity contribution is -0.150. The van der Waals surface area contributed by atoms with E-state index in [0.29, 0.717) is 24.7 Å². The maximum atomic E-state index is 12.0. The van der Waals surface area contributed by atoms with Gasteiger partial charge in [-0.2, -0.15) is 0 Å². The summed E-state index contributed by atoms with van der Waals surface area (Å²) in [4.78, 5) is 14.1. The molecule has 1 saturated heterocycles. The normalized spacial score (nSPS) is 19.9. The van der Waals surface area contributed by atoms with E-state index in [-0.39, 0.29) is 12.0 Å². The Morgan fingerprint density at radius 1 is 1.60 bits per heavy atom. The van der Waals surface area contributed by atoms with Crippen LogP contribution in [0.25, 0.3) is 0 Å². The van der Waals surface area contributed by atoms with Crippen molar-refractivity contribution in [1.29, 1.82) is 0 Å². The topological polar surface area (TPSA) is 41.6 Å². The summed E-state index contributed by atoms with van der Waals surface area (Å²) in [7, 11) is 0. The van der Waals surface area contributed by atoms with Gasteiger partial charge in [-0.05, 0) is 24.6 Å². The molecule has 20 heavy (non-hydrogen) atoms. The van der Waals surface area contributed by atoms with Gasteiger partial charge < -0.3 is 10.1 Å². The number of rotatable bonds is 4. The maximum Gasteiger partial charge on any atom is 0.324 e. The Morgan fingerprint density at radius 2 is 2.40 bits per heavy atom. The average molecular weight is 362 g/mol. The van der Waals surface area contributed by atoms with E-state index < -0.39 is 0 Å². The van der Waals surface area contributed by atoms with Crippen LogP contribution in [0.15, 0.2) is 22.7 Å². The summed E-state index contributed by atoms with van der Waals surface area (Å²) in [5.74, 6) is -0.173. The summed E-state index contributed by atoms with van der Waals surface area (Å²) in [6.07, 6.45) is 0. The molecule has 1 aliphatic heterocycles. The zero-order valence-corrected chi connectivity index (χ0v) is 13.7. The lowest BCUT2D eigenvalue weighted by Crippen LogP contribution is -2.54. The highest BCUT2D eigenvalue weighted by Gasteiger charge is 2.29. The summed E-state index contributed by atoms with van der Waals surface area (Å²) in [5, 5.41) is 3.94. The highest BCUT2D eigenvalue weighted by atomic mass is 79.9. The Bertz CT molecular complexity index is 484. The Balaban J connectivity index is 2.10. The minimum atomic E-state index is -0.247. The molecular formula is C14H18BrClN2O2. The van der Waals surface area contributed by atoms with Crippen LogP contribution < -0.4 is 5.32 Å². The van der Waals surface area contributed by atoms with Crippen molar-refractivity contribution in [1.82, 2.24) is 10.2 Å². The number of halogens is 2. The van der Waals surface area contributed by atoms with Crippen LogP contribution in [0.3, 0.4) is 0 Å². The highest BCUT2D eigenvalue weighted by Crippen LogP contribution is 2.23. The summed E-state index contributed by atoms with van der Waals surface area (Å²) < 4.78 is 6.09. The fraction of sp³-hybridized carbons (Fsp3) is 0.500. The Kier molecular flexibility index (Phi) is 5.84. The van der Waals surface area contributed by atoms with Gasteiger partial charge >= 0.3 is 5.97 Å². The smallest absolute Gasteiger partial charge is 0.324 e. The van der Waals surface area contributed by atoms with E-state index in [0.717, 1.165) is 23.1 Å². The Labute approximate surface area is 132 Å². The summed E-state index contributed by atoms with van der Waals surface area (Å²) in [6, 6.07) is 5.57. The van der Waals surface area contributed by atoms with E-state index in [4.69, 9.17) is 16.3 Å². The van der Waals surface area contributed by atoms with E-state index in [9.17, 15) is 4.79 Å². The molecule has 1 N–H and O–H groups in total. The molecule has 0 bridgehead atoms. The van der Waals surface area contributed by atoms with Crippen LogP contribution in [0.5, 0.6) is 0 Å². The number of nitrogens with one attached hydrogen (secondary N) is 1. The lowest BCUT2D eigenvalue weighted by Gasteiger charge is -2.34. The van der Waals surface area contributed by atoms with Crippen molar-refractivity contribution in [2.24, 2.45) is 0 Å². The number of esters is 1. The Morgan fingerprint density at radius 3 is 3.10 bits per heavy atom. The molecule has 110 valence electrons. The molecule has 2 rings (SSSR count). The molecule has 0 radical (unpaired) electrons. The van der Waals surface area contributed by atoms with Crippen molar-refractivity contribution in [3.63, 3.8) is 0 Å². The van der Waals surface area contributed by atoms with Crippen LogP contribution in [0.4, 0.5) is 0 Å². The van der Waals surface area contributed by atoms with Gasteiger partial charge in [-0.3, -0.25) is 9.69 Å². The number of piperazine rings is 1. The van der Waals surface area contributed by atoms with Crippen molar-refractivity contribution >= 4 is 33.5 Å². The van der Waals surface area contributed by atoms with E-state index in [1.54, 1.807) is 0 Å². The van der Waals surface area contributed by atoms with Crippen molar-refractivity contribution in [2.45, 2.75) is 19.5 Å². The third-order valence-corrected chi connectivity index (χ3v) is 4.15. The molecule has 1 atom stereocenters. The van der Waals surface area contributed by atoms with Crippen LogP contribution in [0.2, 0.25) is 5.02 Å². The summed E-state index contributed by atoms with van der Waals surface area (Å²) in [5.41, 5.74) is 1.02. The molecule has 0 aromatic heterocycles. The van der Waals surface area contributed by atoms with Crippen molar-refractivity contribution in [2.75, 3.05) is 26.2 Å². The zero-order chi connectivity index (χ0) is 14.5. The molecule has 6 heteroatoms. The fourth-order valence-electron chi connectivity index (χ4n) is 2.28. The van der Waals surface area contributed by atoms with Crippen LogP contribution >= 0.6 is 27.5 Å². The molecular weight excluding hydrogens is 344 g/mol. The molecule has 1 aromatic rings. The molecule has 1 fully saturated rings. The summed E-state index contributed by atoms with van der Waals surface area (Å²) >= 11 is 9.64. The van der Waals surface area contributed by atoms with E-state index in [1.165, 1.54) is 0 Å². The number of carbonyl (C=O) groups excluding carboxylic acids is 1. The van der Waals surface area contributed by atoms with Gasteiger partial charge in [0, 0.05) is 35.7 Å². The van der Waals surface area contributed by atoms with Gasteiger partial charge in [0.25, 0.3) is 0 Å². The Hall–Kier alpha value is -0.620. The molecule has 0 amide bonds. The number of nitrogens with zero attached hydrogens (tertiary/aromatic N) is 1. The largest absolute Gasteiger partial charge is 0.465 e. The standard InChI is InChI=1S/C14H18BrClN2O2/c1-2-20-14(19)13-8-17-5-6-18(13)9-10-3-4-11(15)7-12(10)16/h3-4,7,13,17H,2,5-6,8-9H2,1H3. The monoisotopic (exact) mass is 360 g/mol. The molecule has 0 spiro atoms. The molecule has 0 aliphatic carbocycles. The van der Waals surface area contributed by atoms with Gasteiger partial charge in [0.15, 0.2) is 0 Å². The minimum absolute atomic E-state index is 0.173. The average Bonchev–Trinajstić information content (AvgIpc) is 2.43. The maximum absolute atomic E-state index is 12.0. The van der Waals surface area contributed by atoms with E-state index in [1.807, 2.05) is 25.1 Å². The second kappa shape index (κ2) is 7.41. The van der Waals surface area contributed by atoms with Crippen LogP contribution in [0, 0.1) is 0 Å². The van der Waals surface area contributed by atoms with Crippen LogP contribution in [-0.2, 0) is 16.1 Å². The number of benzene rings is 1. The van der Waals surface area contributed by atoms with Crippen molar-refractivity contribution in [3.05, 3.63) is 33.3 Å². The van der Waals surface area contributed by atoms with E-state index in [2.05, 4.69) is 26.1 Å². The predicted molar refractivity (Wildman–Crippen MR) is 82.9 cm³/mol. The number of hydrogen-bond donors (Lipinski definition) is 1. The van der Waals surface area contributed by atoms with Gasteiger partial charge in [-0.1, -0.05) is 33.6 Å². The van der Waals surface area contributed by atoms with Gasteiger partial charge in [0.05, 0.1) is 6.61 Å². The number of ether oxygens (including phenoxy) is 1. The minimum Gasteiger partial charge on any atom is -0.465 e. The number of hydrogen-bond acceptors (Lipinski definition) is 4. The van der Waals surface area contributed by atoms with Crippen molar-refractivity contribution < 1.29 is 9.53 Å². The van der Waals surface area contributed by atoms with Gasteiger partial charge in [0.1, 0.15) is 6.04 Å². The SMILES string of the molecule is CCOC(=O)C1CNCCN1Cc1ccc(Br)cc1Cl. The molecule has 4 nitrogen and oxygen atoms in total. The summed E-state index contributed by atoms with van der Waals surface area (Å²) in [6.45, 7) is 5.16. The molecule has 1 heterocycles.